The highest BCUT2D eigenvalue weighted by molar-refractivity contribution is 7.89. The second kappa shape index (κ2) is 6.78. The number of aliphatic carboxylic acids is 1. The van der Waals surface area contributed by atoms with Crippen molar-refractivity contribution in [2.45, 2.75) is 38.5 Å². The summed E-state index contributed by atoms with van der Waals surface area (Å²) in [5, 5.41) is 13.1. The van der Waals surface area contributed by atoms with Crippen molar-refractivity contribution in [1.29, 1.82) is 0 Å². The Bertz CT molecular complexity index is 261. The van der Waals surface area contributed by atoms with E-state index in [-0.39, 0.29) is 12.2 Å². The maximum absolute atomic E-state index is 10.5. The average molecular weight is 223 g/mol. The molecule has 0 saturated heterocycles. The zero-order chi connectivity index (χ0) is 11.0. The Balaban J connectivity index is 3.19. The third kappa shape index (κ3) is 11.4. The van der Waals surface area contributed by atoms with Gasteiger partial charge in [0.15, 0.2) is 0 Å². The van der Waals surface area contributed by atoms with Gasteiger partial charge in [-0.1, -0.05) is 19.3 Å². The number of unbranched alkanes of at least 4 members (excludes halogenated alkanes) is 4. The molecule has 14 heavy (non-hydrogen) atoms. The monoisotopic (exact) mass is 223 g/mol. The molecular weight excluding hydrogens is 206 g/mol. The van der Waals surface area contributed by atoms with E-state index in [0.717, 1.165) is 19.3 Å². The van der Waals surface area contributed by atoms with E-state index >= 15 is 0 Å². The van der Waals surface area contributed by atoms with Crippen molar-refractivity contribution in [2.24, 2.45) is 5.14 Å². The van der Waals surface area contributed by atoms with E-state index in [1.54, 1.807) is 0 Å². The van der Waals surface area contributed by atoms with Gasteiger partial charge in [0.25, 0.3) is 0 Å². The van der Waals surface area contributed by atoms with E-state index in [2.05, 4.69) is 0 Å². The smallest absolute Gasteiger partial charge is 0.303 e. The Kier molecular flexibility index (Phi) is 6.48. The fourth-order valence-electron chi connectivity index (χ4n) is 1.11. The first-order chi connectivity index (χ1) is 6.42. The van der Waals surface area contributed by atoms with Gasteiger partial charge in [-0.15, -0.1) is 0 Å². The van der Waals surface area contributed by atoms with Gasteiger partial charge in [-0.05, 0) is 12.8 Å². The number of primary sulfonamides is 1. The molecule has 0 bridgehead atoms. The molecule has 0 spiro atoms. The molecule has 0 aromatic carbocycles. The van der Waals surface area contributed by atoms with Gasteiger partial charge in [0.2, 0.25) is 10.0 Å². The van der Waals surface area contributed by atoms with Gasteiger partial charge in [-0.3, -0.25) is 4.79 Å². The van der Waals surface area contributed by atoms with E-state index in [4.69, 9.17) is 10.2 Å². The van der Waals surface area contributed by atoms with Crippen LogP contribution in [-0.4, -0.2) is 25.2 Å². The van der Waals surface area contributed by atoms with Crippen LogP contribution in [0.1, 0.15) is 38.5 Å². The van der Waals surface area contributed by atoms with Crippen LogP contribution in [0.4, 0.5) is 0 Å². The second-order valence-corrected chi connectivity index (χ2v) is 5.01. The zero-order valence-electron chi connectivity index (χ0n) is 8.11. The van der Waals surface area contributed by atoms with Crippen molar-refractivity contribution in [2.75, 3.05) is 5.75 Å². The number of hydrogen-bond donors (Lipinski definition) is 2. The predicted molar refractivity (Wildman–Crippen MR) is 53.3 cm³/mol. The van der Waals surface area contributed by atoms with Crippen molar-refractivity contribution >= 4 is 16.0 Å². The molecule has 0 aliphatic carbocycles. The topological polar surface area (TPSA) is 97.5 Å². The summed E-state index contributed by atoms with van der Waals surface area (Å²) < 4.78 is 21.0. The maximum atomic E-state index is 10.5. The lowest BCUT2D eigenvalue weighted by atomic mass is 10.1. The van der Waals surface area contributed by atoms with Crippen molar-refractivity contribution in [3.8, 4) is 0 Å². The molecule has 0 aliphatic heterocycles. The number of sulfonamides is 1. The summed E-state index contributed by atoms with van der Waals surface area (Å²) in [6.45, 7) is 0. The number of hydrogen-bond acceptors (Lipinski definition) is 3. The van der Waals surface area contributed by atoms with Gasteiger partial charge in [0, 0.05) is 6.42 Å². The SMILES string of the molecule is NS(=O)(=O)CCCCCCCC(=O)O. The molecule has 0 aromatic rings. The lowest BCUT2D eigenvalue weighted by Gasteiger charge is -1.99. The zero-order valence-corrected chi connectivity index (χ0v) is 8.92. The number of carboxylic acids is 1. The number of rotatable bonds is 8. The molecule has 0 atom stereocenters. The molecule has 0 aromatic heterocycles. The normalized spacial score (nSPS) is 11.5. The number of nitrogens with two attached hydrogens (primary N) is 1. The molecule has 0 amide bonds. The molecule has 3 N–H and O–H groups in total. The van der Waals surface area contributed by atoms with Crippen LogP contribution >= 0.6 is 0 Å². The average Bonchev–Trinajstić information content (AvgIpc) is 2.00. The molecule has 84 valence electrons. The standard InChI is InChI=1S/C8H17NO4S/c9-14(12,13)7-5-3-1-2-4-6-8(10)11/h1-7H2,(H,10,11)(H2,9,12,13). The quantitative estimate of drug-likeness (QED) is 0.592. The van der Waals surface area contributed by atoms with Crippen LogP contribution < -0.4 is 5.14 Å². The van der Waals surface area contributed by atoms with Gasteiger partial charge >= 0.3 is 5.97 Å². The van der Waals surface area contributed by atoms with Crippen molar-refractivity contribution < 1.29 is 18.3 Å². The summed E-state index contributed by atoms with van der Waals surface area (Å²) in [4.78, 5) is 10.1. The van der Waals surface area contributed by atoms with Crippen molar-refractivity contribution in [3.63, 3.8) is 0 Å². The van der Waals surface area contributed by atoms with Crippen molar-refractivity contribution in [1.82, 2.24) is 0 Å². The Morgan fingerprint density at radius 1 is 1.07 bits per heavy atom. The van der Waals surface area contributed by atoms with E-state index in [1.807, 2.05) is 0 Å². The molecule has 0 heterocycles. The Morgan fingerprint density at radius 3 is 2.07 bits per heavy atom. The van der Waals surface area contributed by atoms with Gasteiger partial charge < -0.3 is 5.11 Å². The van der Waals surface area contributed by atoms with Crippen LogP contribution in [0.3, 0.4) is 0 Å². The second-order valence-electron chi connectivity index (χ2n) is 3.28. The molecule has 0 unspecified atom stereocenters. The Hall–Kier alpha value is -0.620. The molecular formula is C8H17NO4S. The van der Waals surface area contributed by atoms with Gasteiger partial charge in [0.05, 0.1) is 5.75 Å². The highest BCUT2D eigenvalue weighted by Crippen LogP contribution is 2.05. The lowest BCUT2D eigenvalue weighted by Crippen LogP contribution is -2.16. The lowest BCUT2D eigenvalue weighted by molar-refractivity contribution is -0.137. The third-order valence-electron chi connectivity index (χ3n) is 1.82. The first-order valence-corrected chi connectivity index (χ1v) is 6.35. The van der Waals surface area contributed by atoms with Gasteiger partial charge in [0.1, 0.15) is 0 Å². The fourth-order valence-corrected chi connectivity index (χ4v) is 1.72. The van der Waals surface area contributed by atoms with Crippen LogP contribution in [-0.2, 0) is 14.8 Å². The molecule has 6 heteroatoms. The summed E-state index contributed by atoms with van der Waals surface area (Å²) in [5.74, 6) is -0.763. The largest absolute Gasteiger partial charge is 0.481 e. The van der Waals surface area contributed by atoms with E-state index in [0.29, 0.717) is 12.8 Å². The maximum Gasteiger partial charge on any atom is 0.303 e. The third-order valence-corrected chi connectivity index (χ3v) is 2.68. The molecule has 0 aliphatic rings. The minimum atomic E-state index is -3.32. The summed E-state index contributed by atoms with van der Waals surface area (Å²) in [6.07, 6.45) is 3.89. The fraction of sp³-hybridized carbons (Fsp3) is 0.875. The Morgan fingerprint density at radius 2 is 1.57 bits per heavy atom. The molecule has 0 rings (SSSR count). The van der Waals surface area contributed by atoms with E-state index < -0.39 is 16.0 Å². The van der Waals surface area contributed by atoms with Crippen LogP contribution in [0, 0.1) is 0 Å². The summed E-state index contributed by atoms with van der Waals surface area (Å²) in [6, 6.07) is 0. The molecule has 5 nitrogen and oxygen atoms in total. The number of carboxylic acid groups (broad SMARTS) is 1. The molecule has 0 fully saturated rings. The van der Waals surface area contributed by atoms with Crippen molar-refractivity contribution in [3.05, 3.63) is 0 Å². The first kappa shape index (κ1) is 13.4. The van der Waals surface area contributed by atoms with Gasteiger partial charge in [-0.25, -0.2) is 13.6 Å². The van der Waals surface area contributed by atoms with E-state index in [9.17, 15) is 13.2 Å². The highest BCUT2D eigenvalue weighted by atomic mass is 32.2. The minimum absolute atomic E-state index is 0.0198. The minimum Gasteiger partial charge on any atom is -0.481 e. The van der Waals surface area contributed by atoms with Crippen LogP contribution in [0.15, 0.2) is 0 Å². The van der Waals surface area contributed by atoms with Crippen LogP contribution in [0.25, 0.3) is 0 Å². The highest BCUT2D eigenvalue weighted by Gasteiger charge is 2.01. The summed E-state index contributed by atoms with van der Waals surface area (Å²) in [5.41, 5.74) is 0. The van der Waals surface area contributed by atoms with Crippen LogP contribution in [0.5, 0.6) is 0 Å². The molecule has 0 saturated carbocycles. The first-order valence-electron chi connectivity index (χ1n) is 4.64. The summed E-state index contributed by atoms with van der Waals surface area (Å²) in [7, 11) is -3.32. The van der Waals surface area contributed by atoms with E-state index in [1.165, 1.54) is 0 Å². The number of carbonyl (C=O) groups is 1. The Labute approximate surface area is 84.4 Å². The summed E-state index contributed by atoms with van der Waals surface area (Å²) >= 11 is 0. The molecule has 0 radical (unpaired) electrons. The van der Waals surface area contributed by atoms with Crippen LogP contribution in [0.2, 0.25) is 0 Å². The predicted octanol–water partition coefficient (Wildman–Crippen LogP) is 0.700. The van der Waals surface area contributed by atoms with Gasteiger partial charge in [-0.2, -0.15) is 0 Å².